The van der Waals surface area contributed by atoms with Crippen molar-refractivity contribution in [3.63, 3.8) is 0 Å². The number of nitrogens with zero attached hydrogens (tertiary/aromatic N) is 2. The Morgan fingerprint density at radius 1 is 1.45 bits per heavy atom. The normalized spacial score (nSPS) is 10.8. The van der Waals surface area contributed by atoms with Gasteiger partial charge in [-0.1, -0.05) is 18.5 Å². The molecule has 1 aromatic rings. The molecule has 1 heterocycles. The van der Waals surface area contributed by atoms with Gasteiger partial charge in [0.1, 0.15) is 5.69 Å². The van der Waals surface area contributed by atoms with Crippen molar-refractivity contribution in [2.75, 3.05) is 6.54 Å². The van der Waals surface area contributed by atoms with Gasteiger partial charge in [-0.3, -0.25) is 9.59 Å². The summed E-state index contributed by atoms with van der Waals surface area (Å²) >= 11 is 5.97. The number of aromatic nitrogens is 1. The molecule has 0 saturated carbocycles. The zero-order valence-corrected chi connectivity index (χ0v) is 12.9. The predicted molar refractivity (Wildman–Crippen MR) is 78.2 cm³/mol. The molecule has 0 aliphatic rings. The fraction of sp³-hybridized carbons (Fsp3) is 0.571. The number of aryl methyl sites for hydroxylation is 1. The van der Waals surface area contributed by atoms with Crippen LogP contribution in [0.4, 0.5) is 0 Å². The number of rotatable bonds is 7. The minimum absolute atomic E-state index is 0.0634. The van der Waals surface area contributed by atoms with Gasteiger partial charge in [0.2, 0.25) is 0 Å². The lowest BCUT2D eigenvalue weighted by atomic mass is 10.2. The lowest BCUT2D eigenvalue weighted by Crippen LogP contribution is -2.39. The number of carboxylic acids is 1. The number of carbonyl (C=O) groups is 2. The van der Waals surface area contributed by atoms with Gasteiger partial charge in [0, 0.05) is 25.3 Å². The molecular formula is C14H21ClN2O3. The zero-order valence-electron chi connectivity index (χ0n) is 12.1. The molecule has 1 aromatic heterocycles. The second-order valence-electron chi connectivity index (χ2n) is 4.97. The van der Waals surface area contributed by atoms with Crippen LogP contribution in [0.2, 0.25) is 5.02 Å². The Balaban J connectivity index is 2.96. The molecule has 0 fully saturated rings. The third-order valence-corrected chi connectivity index (χ3v) is 3.20. The first-order chi connectivity index (χ1) is 9.36. The summed E-state index contributed by atoms with van der Waals surface area (Å²) in [5.41, 5.74) is 0.510. The maximum atomic E-state index is 12.6. The molecule has 112 valence electrons. The number of amides is 1. The molecule has 0 aliphatic carbocycles. The van der Waals surface area contributed by atoms with Gasteiger partial charge in [0.05, 0.1) is 11.4 Å². The first-order valence-corrected chi connectivity index (χ1v) is 7.13. The summed E-state index contributed by atoms with van der Waals surface area (Å²) in [6, 6.07) is 1.57. The molecule has 0 aromatic carbocycles. The number of hydrogen-bond donors (Lipinski definition) is 1. The van der Waals surface area contributed by atoms with E-state index in [1.807, 2.05) is 25.3 Å². The highest BCUT2D eigenvalue weighted by Crippen LogP contribution is 2.18. The molecule has 0 bridgehead atoms. The maximum Gasteiger partial charge on any atom is 0.305 e. The number of hydrogen-bond acceptors (Lipinski definition) is 2. The van der Waals surface area contributed by atoms with E-state index < -0.39 is 5.97 Å². The fourth-order valence-corrected chi connectivity index (χ4v) is 2.26. The van der Waals surface area contributed by atoms with E-state index in [0.29, 0.717) is 17.3 Å². The minimum atomic E-state index is -0.912. The van der Waals surface area contributed by atoms with Crippen LogP contribution in [-0.4, -0.2) is 39.0 Å². The highest BCUT2D eigenvalue weighted by molar-refractivity contribution is 6.31. The lowest BCUT2D eigenvalue weighted by Gasteiger charge is -2.26. The van der Waals surface area contributed by atoms with Crippen molar-refractivity contribution in [2.24, 2.45) is 0 Å². The highest BCUT2D eigenvalue weighted by atomic mass is 35.5. The van der Waals surface area contributed by atoms with Gasteiger partial charge >= 0.3 is 5.97 Å². The van der Waals surface area contributed by atoms with E-state index >= 15 is 0 Å². The number of halogens is 1. The molecule has 0 radical (unpaired) electrons. The van der Waals surface area contributed by atoms with E-state index in [4.69, 9.17) is 16.7 Å². The SMILES string of the molecule is CCCn1cc(Cl)cc1C(=O)N(CCC(=O)O)C(C)C. The van der Waals surface area contributed by atoms with Crippen molar-refractivity contribution >= 4 is 23.5 Å². The third-order valence-electron chi connectivity index (χ3n) is 3.00. The van der Waals surface area contributed by atoms with Crippen LogP contribution in [0.1, 0.15) is 44.1 Å². The zero-order chi connectivity index (χ0) is 15.3. The van der Waals surface area contributed by atoms with Gasteiger partial charge in [-0.05, 0) is 26.3 Å². The van der Waals surface area contributed by atoms with E-state index in [-0.39, 0.29) is 24.9 Å². The van der Waals surface area contributed by atoms with Crippen molar-refractivity contribution in [1.29, 1.82) is 0 Å². The Morgan fingerprint density at radius 2 is 2.10 bits per heavy atom. The third kappa shape index (κ3) is 4.27. The summed E-state index contributed by atoms with van der Waals surface area (Å²) < 4.78 is 1.82. The summed E-state index contributed by atoms with van der Waals surface area (Å²) in [6.45, 7) is 6.66. The van der Waals surface area contributed by atoms with E-state index in [0.717, 1.165) is 6.42 Å². The Hall–Kier alpha value is -1.49. The van der Waals surface area contributed by atoms with Crippen molar-refractivity contribution in [3.05, 3.63) is 23.0 Å². The van der Waals surface area contributed by atoms with Crippen molar-refractivity contribution < 1.29 is 14.7 Å². The Morgan fingerprint density at radius 3 is 2.60 bits per heavy atom. The quantitative estimate of drug-likeness (QED) is 0.842. The number of aliphatic carboxylic acids is 1. The molecular weight excluding hydrogens is 280 g/mol. The molecule has 0 unspecified atom stereocenters. The average Bonchev–Trinajstić information content (AvgIpc) is 2.70. The summed E-state index contributed by atoms with van der Waals surface area (Å²) in [5, 5.41) is 9.29. The summed E-state index contributed by atoms with van der Waals surface area (Å²) in [4.78, 5) is 24.8. The van der Waals surface area contributed by atoms with Crippen LogP contribution in [0.5, 0.6) is 0 Å². The Bertz CT molecular complexity index is 483. The first-order valence-electron chi connectivity index (χ1n) is 6.75. The van der Waals surface area contributed by atoms with Crippen LogP contribution in [0.25, 0.3) is 0 Å². The van der Waals surface area contributed by atoms with Crippen LogP contribution < -0.4 is 0 Å². The molecule has 1 amide bonds. The van der Waals surface area contributed by atoms with Crippen LogP contribution in [0.3, 0.4) is 0 Å². The van der Waals surface area contributed by atoms with Gasteiger partial charge < -0.3 is 14.6 Å². The van der Waals surface area contributed by atoms with Gasteiger partial charge in [0.25, 0.3) is 5.91 Å². The van der Waals surface area contributed by atoms with Gasteiger partial charge in [-0.2, -0.15) is 0 Å². The van der Waals surface area contributed by atoms with Crippen LogP contribution in [-0.2, 0) is 11.3 Å². The van der Waals surface area contributed by atoms with Crippen LogP contribution in [0.15, 0.2) is 12.3 Å². The van der Waals surface area contributed by atoms with Crippen molar-refractivity contribution in [3.8, 4) is 0 Å². The predicted octanol–water partition coefficient (Wildman–Crippen LogP) is 2.88. The van der Waals surface area contributed by atoms with Gasteiger partial charge in [-0.15, -0.1) is 0 Å². The Labute approximate surface area is 124 Å². The topological polar surface area (TPSA) is 62.5 Å². The molecule has 0 saturated heterocycles. The second-order valence-corrected chi connectivity index (χ2v) is 5.41. The fourth-order valence-electron chi connectivity index (χ4n) is 2.04. The molecule has 1 N–H and O–H groups in total. The molecule has 0 spiro atoms. The molecule has 5 nitrogen and oxygen atoms in total. The maximum absolute atomic E-state index is 12.6. The Kier molecular flexibility index (Phi) is 6.07. The lowest BCUT2D eigenvalue weighted by molar-refractivity contribution is -0.137. The monoisotopic (exact) mass is 300 g/mol. The molecule has 6 heteroatoms. The first kappa shape index (κ1) is 16.6. The van der Waals surface area contributed by atoms with E-state index in [2.05, 4.69) is 0 Å². The molecule has 0 atom stereocenters. The summed E-state index contributed by atoms with van der Waals surface area (Å²) in [5.74, 6) is -1.09. The van der Waals surface area contributed by atoms with Crippen molar-refractivity contribution in [2.45, 2.75) is 46.2 Å². The van der Waals surface area contributed by atoms with E-state index in [9.17, 15) is 9.59 Å². The van der Waals surface area contributed by atoms with E-state index in [1.165, 1.54) is 0 Å². The minimum Gasteiger partial charge on any atom is -0.481 e. The molecule has 20 heavy (non-hydrogen) atoms. The summed E-state index contributed by atoms with van der Waals surface area (Å²) in [6.07, 6.45) is 2.56. The van der Waals surface area contributed by atoms with E-state index in [1.54, 1.807) is 17.2 Å². The second kappa shape index (κ2) is 7.33. The smallest absolute Gasteiger partial charge is 0.305 e. The molecule has 1 rings (SSSR count). The largest absolute Gasteiger partial charge is 0.481 e. The highest BCUT2D eigenvalue weighted by Gasteiger charge is 2.22. The number of carboxylic acid groups (broad SMARTS) is 1. The van der Waals surface area contributed by atoms with Gasteiger partial charge in [-0.25, -0.2) is 0 Å². The number of carbonyl (C=O) groups excluding carboxylic acids is 1. The average molecular weight is 301 g/mol. The van der Waals surface area contributed by atoms with Gasteiger partial charge in [0.15, 0.2) is 0 Å². The standard InChI is InChI=1S/C14H21ClN2O3/c1-4-6-16-9-11(15)8-12(16)14(20)17(10(2)3)7-5-13(18)19/h8-10H,4-7H2,1-3H3,(H,18,19). The van der Waals surface area contributed by atoms with Crippen LogP contribution >= 0.6 is 11.6 Å². The van der Waals surface area contributed by atoms with Crippen molar-refractivity contribution in [1.82, 2.24) is 9.47 Å². The summed E-state index contributed by atoms with van der Waals surface area (Å²) in [7, 11) is 0. The van der Waals surface area contributed by atoms with Crippen LogP contribution in [0, 0.1) is 0 Å². The molecule has 0 aliphatic heterocycles.